The molecule has 6 nitrogen and oxygen atoms in total. The number of amides is 1. The van der Waals surface area contributed by atoms with Gasteiger partial charge in [0.25, 0.3) is 5.91 Å². The smallest absolute Gasteiger partial charge is 0.276 e. The van der Waals surface area contributed by atoms with E-state index in [1.165, 1.54) is 17.0 Å². The van der Waals surface area contributed by atoms with Crippen LogP contribution in [0.2, 0.25) is 0 Å². The Morgan fingerprint density at radius 1 is 1.36 bits per heavy atom. The normalized spacial score (nSPS) is 14.8. The number of nitrogens with zero attached hydrogens (tertiary/aromatic N) is 4. The quantitative estimate of drug-likeness (QED) is 0.894. The number of aromatic nitrogens is 3. The minimum absolute atomic E-state index is 0. The predicted molar refractivity (Wildman–Crippen MR) is 90.6 cm³/mol. The van der Waals surface area contributed by atoms with Gasteiger partial charge in [-0.1, -0.05) is 11.3 Å². The highest BCUT2D eigenvalue weighted by atomic mass is 35.5. The van der Waals surface area contributed by atoms with E-state index in [2.05, 4.69) is 15.6 Å². The molecule has 0 bridgehead atoms. The second kappa shape index (κ2) is 8.35. The van der Waals surface area contributed by atoms with Crippen molar-refractivity contribution in [2.75, 3.05) is 20.1 Å². The molecule has 0 radical (unpaired) electrons. The maximum absolute atomic E-state index is 13.7. The van der Waals surface area contributed by atoms with Crippen molar-refractivity contribution in [1.29, 1.82) is 0 Å². The lowest BCUT2D eigenvalue weighted by Crippen LogP contribution is -2.29. The molecule has 2 aromatic rings. The number of carbonyl (C=O) groups excluding carboxylic acids is 1. The SMILES string of the molecule is CN(Cc1ccc(F)cc1F)C(=O)c1cn(C2CCNCC2)nn1.Cl. The number of nitrogens with one attached hydrogen (secondary N) is 1. The molecule has 1 aliphatic heterocycles. The first kappa shape index (κ1) is 19.3. The van der Waals surface area contributed by atoms with E-state index in [-0.39, 0.29) is 42.2 Å². The maximum Gasteiger partial charge on any atom is 0.276 e. The fourth-order valence-electron chi connectivity index (χ4n) is 2.80. The lowest BCUT2D eigenvalue weighted by molar-refractivity contribution is 0.0778. The molecule has 1 aromatic heterocycles. The molecule has 0 atom stereocenters. The maximum atomic E-state index is 13.7. The van der Waals surface area contributed by atoms with Crippen LogP contribution < -0.4 is 5.32 Å². The van der Waals surface area contributed by atoms with Crippen molar-refractivity contribution in [3.8, 4) is 0 Å². The van der Waals surface area contributed by atoms with Gasteiger partial charge in [-0.3, -0.25) is 4.79 Å². The molecule has 1 fully saturated rings. The van der Waals surface area contributed by atoms with Gasteiger partial charge in [0, 0.05) is 25.2 Å². The Bertz CT molecular complexity index is 733. The first-order valence-electron chi connectivity index (χ1n) is 7.86. The largest absolute Gasteiger partial charge is 0.336 e. The Morgan fingerprint density at radius 2 is 2.08 bits per heavy atom. The lowest BCUT2D eigenvalue weighted by atomic mass is 10.1. The molecule has 0 saturated carbocycles. The highest BCUT2D eigenvalue weighted by Gasteiger charge is 2.21. The van der Waals surface area contributed by atoms with Crippen LogP contribution in [0.1, 0.15) is 34.9 Å². The summed E-state index contributed by atoms with van der Waals surface area (Å²) in [6.07, 6.45) is 3.51. The molecule has 136 valence electrons. The summed E-state index contributed by atoms with van der Waals surface area (Å²) in [4.78, 5) is 13.8. The number of carbonyl (C=O) groups is 1. The van der Waals surface area contributed by atoms with E-state index in [0.717, 1.165) is 32.0 Å². The van der Waals surface area contributed by atoms with E-state index in [9.17, 15) is 13.6 Å². The Labute approximate surface area is 150 Å². The second-order valence-corrected chi connectivity index (χ2v) is 5.96. The van der Waals surface area contributed by atoms with Crippen molar-refractivity contribution in [3.63, 3.8) is 0 Å². The van der Waals surface area contributed by atoms with E-state index >= 15 is 0 Å². The minimum atomic E-state index is -0.673. The highest BCUT2D eigenvalue weighted by molar-refractivity contribution is 5.91. The molecule has 0 aliphatic carbocycles. The van der Waals surface area contributed by atoms with Crippen molar-refractivity contribution in [3.05, 3.63) is 47.3 Å². The first-order valence-corrected chi connectivity index (χ1v) is 7.86. The summed E-state index contributed by atoms with van der Waals surface area (Å²) in [6, 6.07) is 3.55. The number of benzene rings is 1. The predicted octanol–water partition coefficient (Wildman–Crippen LogP) is 2.17. The summed E-state index contributed by atoms with van der Waals surface area (Å²) < 4.78 is 28.4. The van der Waals surface area contributed by atoms with Crippen molar-refractivity contribution < 1.29 is 13.6 Å². The molecule has 0 unspecified atom stereocenters. The number of piperidine rings is 1. The van der Waals surface area contributed by atoms with Crippen LogP contribution in [0.5, 0.6) is 0 Å². The topological polar surface area (TPSA) is 63.1 Å². The van der Waals surface area contributed by atoms with Gasteiger partial charge < -0.3 is 10.2 Å². The fraction of sp³-hybridized carbons (Fsp3) is 0.438. The first-order chi connectivity index (χ1) is 11.5. The average Bonchev–Trinajstić information content (AvgIpc) is 3.07. The third kappa shape index (κ3) is 4.52. The van der Waals surface area contributed by atoms with Gasteiger partial charge in [-0.25, -0.2) is 13.5 Å². The van der Waals surface area contributed by atoms with Gasteiger partial charge >= 0.3 is 0 Å². The molecule has 3 rings (SSSR count). The average molecular weight is 372 g/mol. The van der Waals surface area contributed by atoms with E-state index in [4.69, 9.17) is 0 Å². The molecule has 2 heterocycles. The Balaban J connectivity index is 0.00000225. The van der Waals surface area contributed by atoms with Crippen molar-refractivity contribution in [2.45, 2.75) is 25.4 Å². The molecular formula is C16H20ClF2N5O. The Kier molecular flexibility index (Phi) is 6.44. The summed E-state index contributed by atoms with van der Waals surface area (Å²) in [5.41, 5.74) is 0.469. The zero-order valence-electron chi connectivity index (χ0n) is 13.8. The van der Waals surface area contributed by atoms with Crippen LogP contribution in [0.25, 0.3) is 0 Å². The third-order valence-electron chi connectivity index (χ3n) is 4.18. The summed E-state index contributed by atoms with van der Waals surface area (Å²) in [5.74, 6) is -1.66. The summed E-state index contributed by atoms with van der Waals surface area (Å²) in [7, 11) is 1.55. The monoisotopic (exact) mass is 371 g/mol. The lowest BCUT2D eigenvalue weighted by Gasteiger charge is -2.22. The van der Waals surface area contributed by atoms with Crippen LogP contribution in [0, 0.1) is 11.6 Å². The van der Waals surface area contributed by atoms with Crippen molar-refractivity contribution >= 4 is 18.3 Å². The van der Waals surface area contributed by atoms with Crippen LogP contribution >= 0.6 is 12.4 Å². The van der Waals surface area contributed by atoms with E-state index in [0.29, 0.717) is 0 Å². The van der Waals surface area contributed by atoms with Crippen LogP contribution in [0.3, 0.4) is 0 Å². The van der Waals surface area contributed by atoms with Gasteiger partial charge in [-0.05, 0) is 32.0 Å². The van der Waals surface area contributed by atoms with Crippen LogP contribution in [0.4, 0.5) is 8.78 Å². The minimum Gasteiger partial charge on any atom is -0.336 e. The van der Waals surface area contributed by atoms with E-state index in [1.807, 2.05) is 0 Å². The summed E-state index contributed by atoms with van der Waals surface area (Å²) in [5, 5.41) is 11.3. The summed E-state index contributed by atoms with van der Waals surface area (Å²) in [6.45, 7) is 1.86. The Hall–Kier alpha value is -2.06. The third-order valence-corrected chi connectivity index (χ3v) is 4.18. The van der Waals surface area contributed by atoms with Crippen LogP contribution in [-0.2, 0) is 6.54 Å². The number of hydrogen-bond donors (Lipinski definition) is 1. The van der Waals surface area contributed by atoms with Crippen LogP contribution in [-0.4, -0.2) is 45.9 Å². The van der Waals surface area contributed by atoms with Crippen molar-refractivity contribution in [2.24, 2.45) is 0 Å². The van der Waals surface area contributed by atoms with E-state index < -0.39 is 11.6 Å². The van der Waals surface area contributed by atoms with Gasteiger partial charge in [0.1, 0.15) is 11.6 Å². The van der Waals surface area contributed by atoms with E-state index in [1.54, 1.807) is 17.9 Å². The Morgan fingerprint density at radius 3 is 2.76 bits per heavy atom. The highest BCUT2D eigenvalue weighted by Crippen LogP contribution is 2.18. The number of halogens is 3. The van der Waals surface area contributed by atoms with Gasteiger partial charge in [0.2, 0.25) is 0 Å². The number of rotatable bonds is 4. The molecule has 0 spiro atoms. The zero-order valence-corrected chi connectivity index (χ0v) is 14.6. The van der Waals surface area contributed by atoms with Gasteiger partial charge in [0.05, 0.1) is 12.2 Å². The van der Waals surface area contributed by atoms with Crippen molar-refractivity contribution in [1.82, 2.24) is 25.2 Å². The fourth-order valence-corrected chi connectivity index (χ4v) is 2.80. The van der Waals surface area contributed by atoms with Crippen LogP contribution in [0.15, 0.2) is 24.4 Å². The standard InChI is InChI=1S/C16H19F2N5O.ClH/c1-22(9-11-2-3-12(17)8-14(11)18)16(24)15-10-23(21-20-15)13-4-6-19-7-5-13;/h2-3,8,10,13,19H,4-7,9H2,1H3;1H. The molecule has 1 N–H and O–H groups in total. The van der Waals surface area contributed by atoms with Gasteiger partial charge in [-0.15, -0.1) is 17.5 Å². The van der Waals surface area contributed by atoms with Gasteiger partial charge in [0.15, 0.2) is 5.69 Å². The molecule has 1 aromatic carbocycles. The molecule has 25 heavy (non-hydrogen) atoms. The molecule has 9 heteroatoms. The molecule has 1 amide bonds. The second-order valence-electron chi connectivity index (χ2n) is 5.96. The summed E-state index contributed by atoms with van der Waals surface area (Å²) >= 11 is 0. The van der Waals surface area contributed by atoms with Gasteiger partial charge in [-0.2, -0.15) is 0 Å². The number of hydrogen-bond acceptors (Lipinski definition) is 4. The molecule has 1 aliphatic rings. The zero-order chi connectivity index (χ0) is 17.1. The molecule has 1 saturated heterocycles. The molecular weight excluding hydrogens is 352 g/mol.